The maximum Gasteiger partial charge on any atom is 0.334 e. The number of morpholine rings is 1. The minimum absolute atomic E-state index is 0.0994. The van der Waals surface area contributed by atoms with Gasteiger partial charge in [-0.1, -0.05) is 26.2 Å². The van der Waals surface area contributed by atoms with Gasteiger partial charge < -0.3 is 19.5 Å². The third-order valence-corrected chi connectivity index (χ3v) is 4.21. The lowest BCUT2D eigenvalue weighted by atomic mass is 9.97. The first-order valence-corrected chi connectivity index (χ1v) is 7.90. The van der Waals surface area contributed by atoms with Crippen LogP contribution in [0.25, 0.3) is 0 Å². The number of aliphatic carboxylic acids is 1. The van der Waals surface area contributed by atoms with Crippen molar-refractivity contribution in [2.24, 2.45) is 0 Å². The number of carboxylic acids is 1. The smallest absolute Gasteiger partial charge is 0.334 e. The van der Waals surface area contributed by atoms with Crippen LogP contribution in [0.15, 0.2) is 0 Å². The molecule has 2 aliphatic rings. The Morgan fingerprint density at radius 3 is 2.67 bits per heavy atom. The highest BCUT2D eigenvalue weighted by molar-refractivity contribution is 5.82. The van der Waals surface area contributed by atoms with Crippen molar-refractivity contribution in [3.8, 4) is 0 Å². The van der Waals surface area contributed by atoms with Crippen LogP contribution >= 0.6 is 0 Å². The average Bonchev–Trinajstić information content (AvgIpc) is 2.53. The van der Waals surface area contributed by atoms with E-state index in [4.69, 9.17) is 14.6 Å². The Morgan fingerprint density at radius 2 is 2.05 bits per heavy atom. The minimum Gasteiger partial charge on any atom is -0.479 e. The van der Waals surface area contributed by atoms with E-state index in [0.717, 1.165) is 25.7 Å². The Hall–Kier alpha value is -1.14. The van der Waals surface area contributed by atoms with Crippen molar-refractivity contribution >= 4 is 11.9 Å². The van der Waals surface area contributed by atoms with Crippen molar-refractivity contribution in [3.63, 3.8) is 0 Å². The topological polar surface area (TPSA) is 76.1 Å². The van der Waals surface area contributed by atoms with Gasteiger partial charge in [0.15, 0.2) is 6.10 Å². The second-order valence-electron chi connectivity index (χ2n) is 5.77. The number of nitrogens with zero attached hydrogens (tertiary/aromatic N) is 1. The van der Waals surface area contributed by atoms with Gasteiger partial charge in [-0.3, -0.25) is 4.79 Å². The van der Waals surface area contributed by atoms with Gasteiger partial charge in [-0.25, -0.2) is 4.79 Å². The fourth-order valence-corrected chi connectivity index (χ4v) is 2.97. The molecular formula is C15H25NO5. The molecule has 1 N–H and O–H groups in total. The second-order valence-corrected chi connectivity index (χ2v) is 5.77. The van der Waals surface area contributed by atoms with E-state index in [0.29, 0.717) is 13.0 Å². The molecule has 1 aliphatic heterocycles. The summed E-state index contributed by atoms with van der Waals surface area (Å²) >= 11 is 0. The Kier molecular flexibility index (Phi) is 5.99. The summed E-state index contributed by atoms with van der Waals surface area (Å²) in [5.41, 5.74) is 0. The summed E-state index contributed by atoms with van der Waals surface area (Å²) in [4.78, 5) is 25.1. The molecule has 0 bridgehead atoms. The molecule has 0 unspecified atom stereocenters. The molecule has 1 saturated heterocycles. The number of amides is 1. The number of carbonyl (C=O) groups is 2. The SMILES string of the molecule is CC[C@H](OC1CCCCC1)C(=O)N1CCO[C@@H](C(=O)O)C1. The largest absolute Gasteiger partial charge is 0.479 e. The van der Waals surface area contributed by atoms with Crippen LogP contribution in [0.3, 0.4) is 0 Å². The average molecular weight is 299 g/mol. The predicted molar refractivity (Wildman–Crippen MR) is 76.0 cm³/mol. The third kappa shape index (κ3) is 4.41. The molecule has 120 valence electrons. The van der Waals surface area contributed by atoms with Gasteiger partial charge in [-0.05, 0) is 19.3 Å². The summed E-state index contributed by atoms with van der Waals surface area (Å²) in [5, 5.41) is 9.00. The van der Waals surface area contributed by atoms with Crippen LogP contribution in [-0.2, 0) is 19.1 Å². The lowest BCUT2D eigenvalue weighted by Gasteiger charge is -2.34. The van der Waals surface area contributed by atoms with Crippen molar-refractivity contribution < 1.29 is 24.2 Å². The summed E-state index contributed by atoms with van der Waals surface area (Å²) in [6, 6.07) is 0. The van der Waals surface area contributed by atoms with E-state index in [-0.39, 0.29) is 25.2 Å². The van der Waals surface area contributed by atoms with Crippen molar-refractivity contribution in [1.82, 2.24) is 4.90 Å². The molecule has 0 aromatic heterocycles. The van der Waals surface area contributed by atoms with E-state index in [1.807, 2.05) is 6.92 Å². The number of carboxylic acid groups (broad SMARTS) is 1. The lowest BCUT2D eigenvalue weighted by Crippen LogP contribution is -2.52. The summed E-state index contributed by atoms with van der Waals surface area (Å²) in [5.74, 6) is -1.12. The maximum absolute atomic E-state index is 12.5. The molecule has 6 nitrogen and oxygen atoms in total. The van der Waals surface area contributed by atoms with Crippen LogP contribution < -0.4 is 0 Å². The van der Waals surface area contributed by atoms with Gasteiger partial charge >= 0.3 is 5.97 Å². The molecule has 2 fully saturated rings. The Morgan fingerprint density at radius 1 is 1.33 bits per heavy atom. The zero-order valence-corrected chi connectivity index (χ0v) is 12.6. The van der Waals surface area contributed by atoms with E-state index >= 15 is 0 Å². The number of hydrogen-bond donors (Lipinski definition) is 1. The zero-order valence-electron chi connectivity index (χ0n) is 12.6. The van der Waals surface area contributed by atoms with Crippen molar-refractivity contribution in [1.29, 1.82) is 0 Å². The molecule has 0 radical (unpaired) electrons. The fraction of sp³-hybridized carbons (Fsp3) is 0.867. The maximum atomic E-state index is 12.5. The molecule has 1 saturated carbocycles. The number of ether oxygens (including phenoxy) is 2. The molecule has 1 aliphatic carbocycles. The summed E-state index contributed by atoms with van der Waals surface area (Å²) in [6.07, 6.45) is 5.01. The summed E-state index contributed by atoms with van der Waals surface area (Å²) < 4.78 is 11.1. The van der Waals surface area contributed by atoms with E-state index in [9.17, 15) is 9.59 Å². The molecule has 2 atom stereocenters. The van der Waals surface area contributed by atoms with Gasteiger partial charge in [0.05, 0.1) is 19.3 Å². The van der Waals surface area contributed by atoms with Gasteiger partial charge in [0.25, 0.3) is 5.91 Å². The predicted octanol–water partition coefficient (Wildman–Crippen LogP) is 1.43. The highest BCUT2D eigenvalue weighted by Crippen LogP contribution is 2.23. The molecule has 0 aromatic rings. The zero-order chi connectivity index (χ0) is 15.2. The first-order chi connectivity index (χ1) is 10.1. The van der Waals surface area contributed by atoms with Gasteiger partial charge in [0, 0.05) is 6.54 Å². The van der Waals surface area contributed by atoms with Gasteiger partial charge in [-0.2, -0.15) is 0 Å². The van der Waals surface area contributed by atoms with E-state index in [1.54, 1.807) is 4.90 Å². The standard InChI is InChI=1S/C15H25NO5/c1-2-12(21-11-6-4-3-5-7-11)14(17)16-8-9-20-13(10-16)15(18)19/h11-13H,2-10H2,1H3,(H,18,19)/t12-,13+/m0/s1. The Balaban J connectivity index is 1.90. The summed E-state index contributed by atoms with van der Waals surface area (Å²) in [6.45, 7) is 2.74. The fourth-order valence-electron chi connectivity index (χ4n) is 2.97. The van der Waals surface area contributed by atoms with E-state index in [1.165, 1.54) is 6.42 Å². The van der Waals surface area contributed by atoms with Gasteiger partial charge in [0.2, 0.25) is 0 Å². The molecule has 0 aromatic carbocycles. The van der Waals surface area contributed by atoms with Crippen LogP contribution in [0.5, 0.6) is 0 Å². The Labute approximate surface area is 125 Å². The van der Waals surface area contributed by atoms with E-state index < -0.39 is 18.2 Å². The number of hydrogen-bond acceptors (Lipinski definition) is 4. The first kappa shape index (κ1) is 16.2. The van der Waals surface area contributed by atoms with E-state index in [2.05, 4.69) is 0 Å². The van der Waals surface area contributed by atoms with Crippen molar-refractivity contribution in [2.45, 2.75) is 63.8 Å². The molecule has 1 amide bonds. The van der Waals surface area contributed by atoms with Gasteiger partial charge in [0.1, 0.15) is 6.10 Å². The minimum atomic E-state index is -1.02. The van der Waals surface area contributed by atoms with Gasteiger partial charge in [-0.15, -0.1) is 0 Å². The van der Waals surface area contributed by atoms with Crippen LogP contribution in [0.1, 0.15) is 45.4 Å². The van der Waals surface area contributed by atoms with Crippen LogP contribution in [0.4, 0.5) is 0 Å². The van der Waals surface area contributed by atoms with Crippen LogP contribution in [0, 0.1) is 0 Å². The van der Waals surface area contributed by atoms with Crippen molar-refractivity contribution in [3.05, 3.63) is 0 Å². The molecule has 6 heteroatoms. The molecular weight excluding hydrogens is 274 g/mol. The second kappa shape index (κ2) is 7.75. The normalized spacial score (nSPS) is 25.6. The quantitative estimate of drug-likeness (QED) is 0.831. The molecule has 0 spiro atoms. The Bertz CT molecular complexity index is 367. The highest BCUT2D eigenvalue weighted by Gasteiger charge is 2.33. The molecule has 21 heavy (non-hydrogen) atoms. The summed E-state index contributed by atoms with van der Waals surface area (Å²) in [7, 11) is 0. The molecule has 1 heterocycles. The van der Waals surface area contributed by atoms with Crippen molar-refractivity contribution in [2.75, 3.05) is 19.7 Å². The first-order valence-electron chi connectivity index (χ1n) is 7.90. The van der Waals surface area contributed by atoms with Crippen LogP contribution in [0.2, 0.25) is 0 Å². The third-order valence-electron chi connectivity index (χ3n) is 4.21. The number of carbonyl (C=O) groups excluding carboxylic acids is 1. The van der Waals surface area contributed by atoms with Crippen LogP contribution in [-0.4, -0.2) is 59.9 Å². The highest BCUT2D eigenvalue weighted by atomic mass is 16.5. The monoisotopic (exact) mass is 299 g/mol. The molecule has 2 rings (SSSR count). The number of rotatable bonds is 5. The lowest BCUT2D eigenvalue weighted by molar-refractivity contribution is -0.165.